The van der Waals surface area contributed by atoms with E-state index in [2.05, 4.69) is 17.2 Å². The number of rotatable bonds is 1. The minimum Gasteiger partial charge on any atom is -0.506 e. The van der Waals surface area contributed by atoms with Gasteiger partial charge in [-0.15, -0.1) is 0 Å². The van der Waals surface area contributed by atoms with Crippen molar-refractivity contribution in [1.29, 1.82) is 0 Å². The van der Waals surface area contributed by atoms with Crippen molar-refractivity contribution < 1.29 is 9.90 Å². The number of anilines is 1. The summed E-state index contributed by atoms with van der Waals surface area (Å²) in [5, 5.41) is 11.8. The van der Waals surface area contributed by atoms with E-state index in [1.807, 2.05) is 0 Å². The van der Waals surface area contributed by atoms with Crippen LogP contribution in [0.1, 0.15) is 12.5 Å². The number of hydrogen-bond acceptors (Lipinski definition) is 3. The van der Waals surface area contributed by atoms with Gasteiger partial charge in [-0.3, -0.25) is 4.79 Å². The first-order chi connectivity index (χ1) is 7.09. The molecule has 15 heavy (non-hydrogen) atoms. The van der Waals surface area contributed by atoms with E-state index < -0.39 is 0 Å². The number of phenolic OH excluding ortho intramolecular Hbond substituents is 1. The van der Waals surface area contributed by atoms with E-state index in [9.17, 15) is 9.90 Å². The van der Waals surface area contributed by atoms with Gasteiger partial charge in [-0.1, -0.05) is 11.8 Å². The number of carbonyl (C=O) groups excluding carboxylic acids is 1. The summed E-state index contributed by atoms with van der Waals surface area (Å²) >= 11 is 0. The van der Waals surface area contributed by atoms with Gasteiger partial charge >= 0.3 is 0 Å². The average Bonchev–Trinajstić information content (AvgIpc) is 2.18. The molecule has 0 aromatic heterocycles. The van der Waals surface area contributed by atoms with Crippen molar-refractivity contribution in [3.05, 3.63) is 23.8 Å². The first-order valence-corrected chi connectivity index (χ1v) is 4.41. The second kappa shape index (κ2) is 4.91. The first kappa shape index (κ1) is 10.9. The molecule has 0 fully saturated rings. The molecule has 1 aromatic rings. The number of nitrogens with two attached hydrogens (primary N) is 1. The minimum absolute atomic E-state index is 0.0151. The molecule has 4 heteroatoms. The van der Waals surface area contributed by atoms with E-state index in [4.69, 9.17) is 5.73 Å². The Morgan fingerprint density at radius 2 is 2.33 bits per heavy atom. The average molecular weight is 204 g/mol. The largest absolute Gasteiger partial charge is 0.506 e. The molecule has 0 aliphatic rings. The van der Waals surface area contributed by atoms with Gasteiger partial charge in [-0.05, 0) is 18.2 Å². The Morgan fingerprint density at radius 3 is 2.93 bits per heavy atom. The number of benzene rings is 1. The van der Waals surface area contributed by atoms with Crippen LogP contribution < -0.4 is 11.1 Å². The first-order valence-electron chi connectivity index (χ1n) is 4.41. The highest BCUT2D eigenvalue weighted by atomic mass is 16.3. The van der Waals surface area contributed by atoms with Gasteiger partial charge in [-0.2, -0.15) is 0 Å². The van der Waals surface area contributed by atoms with Crippen LogP contribution in [-0.2, 0) is 4.79 Å². The molecule has 78 valence electrons. The van der Waals surface area contributed by atoms with Crippen LogP contribution in [0.2, 0.25) is 0 Å². The predicted molar refractivity (Wildman–Crippen MR) is 58.1 cm³/mol. The molecule has 0 atom stereocenters. The van der Waals surface area contributed by atoms with Gasteiger partial charge in [0.25, 0.3) is 0 Å². The summed E-state index contributed by atoms with van der Waals surface area (Å²) in [6.07, 6.45) is 0. The monoisotopic (exact) mass is 204 g/mol. The Hall–Kier alpha value is -2.15. The van der Waals surface area contributed by atoms with E-state index in [0.29, 0.717) is 17.8 Å². The maximum atomic E-state index is 10.5. The van der Waals surface area contributed by atoms with Gasteiger partial charge in [0, 0.05) is 12.5 Å². The van der Waals surface area contributed by atoms with Crippen LogP contribution in [0, 0.1) is 11.8 Å². The second-order valence-corrected chi connectivity index (χ2v) is 2.99. The van der Waals surface area contributed by atoms with Crippen molar-refractivity contribution in [1.82, 2.24) is 5.32 Å². The van der Waals surface area contributed by atoms with Crippen LogP contribution in [-0.4, -0.2) is 17.6 Å². The molecule has 0 spiro atoms. The second-order valence-electron chi connectivity index (χ2n) is 2.99. The van der Waals surface area contributed by atoms with Crippen LogP contribution >= 0.6 is 0 Å². The summed E-state index contributed by atoms with van der Waals surface area (Å²) in [5.74, 6) is 5.43. The van der Waals surface area contributed by atoms with E-state index in [1.165, 1.54) is 13.0 Å². The molecule has 0 heterocycles. The Morgan fingerprint density at radius 1 is 1.60 bits per heavy atom. The summed E-state index contributed by atoms with van der Waals surface area (Å²) in [4.78, 5) is 10.5. The molecule has 4 N–H and O–H groups in total. The van der Waals surface area contributed by atoms with E-state index in [1.54, 1.807) is 12.1 Å². The highest BCUT2D eigenvalue weighted by Gasteiger charge is 1.95. The lowest BCUT2D eigenvalue weighted by Gasteiger charge is -1.97. The van der Waals surface area contributed by atoms with Gasteiger partial charge in [-0.25, -0.2) is 0 Å². The smallest absolute Gasteiger partial charge is 0.217 e. The third-order valence-corrected chi connectivity index (χ3v) is 1.69. The van der Waals surface area contributed by atoms with E-state index in [-0.39, 0.29) is 11.7 Å². The number of hydrogen-bond donors (Lipinski definition) is 3. The van der Waals surface area contributed by atoms with Crippen molar-refractivity contribution in [2.24, 2.45) is 0 Å². The summed E-state index contributed by atoms with van der Waals surface area (Å²) in [5.41, 5.74) is 6.41. The summed E-state index contributed by atoms with van der Waals surface area (Å²) < 4.78 is 0. The van der Waals surface area contributed by atoms with E-state index >= 15 is 0 Å². The van der Waals surface area contributed by atoms with Crippen LogP contribution in [0.4, 0.5) is 5.69 Å². The zero-order valence-electron chi connectivity index (χ0n) is 8.37. The lowest BCUT2D eigenvalue weighted by atomic mass is 10.2. The van der Waals surface area contributed by atoms with E-state index in [0.717, 1.165) is 0 Å². The summed E-state index contributed by atoms with van der Waals surface area (Å²) in [6, 6.07) is 4.77. The Kier molecular flexibility index (Phi) is 3.58. The highest BCUT2D eigenvalue weighted by molar-refractivity contribution is 5.73. The molecule has 1 aromatic carbocycles. The fraction of sp³-hybridized carbons (Fsp3) is 0.182. The molecular formula is C11H12N2O2. The molecule has 0 aliphatic carbocycles. The molecule has 0 aliphatic heterocycles. The lowest BCUT2D eigenvalue weighted by molar-refractivity contribution is -0.118. The maximum absolute atomic E-state index is 10.5. The normalized spacial score (nSPS) is 8.87. The topological polar surface area (TPSA) is 75.4 Å². The lowest BCUT2D eigenvalue weighted by Crippen LogP contribution is -2.19. The van der Waals surface area contributed by atoms with Gasteiger partial charge in [0.05, 0.1) is 12.2 Å². The van der Waals surface area contributed by atoms with Crippen molar-refractivity contribution in [2.75, 3.05) is 12.3 Å². The van der Waals surface area contributed by atoms with Crippen LogP contribution in [0.3, 0.4) is 0 Å². The van der Waals surface area contributed by atoms with Crippen LogP contribution in [0.25, 0.3) is 0 Å². The van der Waals surface area contributed by atoms with Crippen molar-refractivity contribution in [3.8, 4) is 17.6 Å². The fourth-order valence-corrected chi connectivity index (χ4v) is 0.936. The Balaban J connectivity index is 2.64. The van der Waals surface area contributed by atoms with Crippen molar-refractivity contribution in [2.45, 2.75) is 6.92 Å². The third kappa shape index (κ3) is 3.61. The van der Waals surface area contributed by atoms with Crippen molar-refractivity contribution in [3.63, 3.8) is 0 Å². The van der Waals surface area contributed by atoms with Gasteiger partial charge in [0.1, 0.15) is 5.75 Å². The highest BCUT2D eigenvalue weighted by Crippen LogP contribution is 2.19. The molecule has 0 saturated carbocycles. The predicted octanol–water partition coefficient (Wildman–Crippen LogP) is 0.462. The van der Waals surface area contributed by atoms with Gasteiger partial charge < -0.3 is 16.2 Å². The summed E-state index contributed by atoms with van der Waals surface area (Å²) in [7, 11) is 0. The van der Waals surface area contributed by atoms with Crippen LogP contribution in [0.5, 0.6) is 5.75 Å². The molecule has 0 bridgehead atoms. The molecule has 0 unspecified atom stereocenters. The minimum atomic E-state index is -0.121. The Bertz CT molecular complexity index is 430. The molecule has 0 radical (unpaired) electrons. The molecule has 1 amide bonds. The van der Waals surface area contributed by atoms with Gasteiger partial charge in [0.2, 0.25) is 5.91 Å². The molecular weight excluding hydrogens is 192 g/mol. The third-order valence-electron chi connectivity index (χ3n) is 1.69. The van der Waals surface area contributed by atoms with Gasteiger partial charge in [0.15, 0.2) is 0 Å². The van der Waals surface area contributed by atoms with Crippen molar-refractivity contribution >= 4 is 11.6 Å². The zero-order valence-corrected chi connectivity index (χ0v) is 8.37. The fourth-order valence-electron chi connectivity index (χ4n) is 0.936. The van der Waals surface area contributed by atoms with Crippen LogP contribution in [0.15, 0.2) is 18.2 Å². The molecule has 4 nitrogen and oxygen atoms in total. The number of amides is 1. The standard InChI is InChI=1S/C11H12N2O2/c1-8(14)13-6-2-3-9-4-5-10(12)11(15)7-9/h4-5,7,15H,6,12H2,1H3,(H,13,14). The number of carbonyl (C=O) groups is 1. The number of nitrogen functional groups attached to an aromatic ring is 1. The molecule has 1 rings (SSSR count). The number of aromatic hydroxyl groups is 1. The summed E-state index contributed by atoms with van der Waals surface area (Å²) in [6.45, 7) is 1.72. The SMILES string of the molecule is CC(=O)NCC#Cc1ccc(N)c(O)c1. The zero-order chi connectivity index (χ0) is 11.3. The quantitative estimate of drug-likeness (QED) is 0.353. The number of nitrogens with one attached hydrogen (secondary N) is 1. The number of phenols is 1. The Labute approximate surface area is 88.1 Å². The molecule has 0 saturated heterocycles. The maximum Gasteiger partial charge on any atom is 0.217 e.